The lowest BCUT2D eigenvalue weighted by molar-refractivity contribution is -0.127. The zero-order chi connectivity index (χ0) is 28.6. The van der Waals surface area contributed by atoms with Crippen LogP contribution in [0.5, 0.6) is 0 Å². The van der Waals surface area contributed by atoms with Crippen LogP contribution in [-0.4, -0.2) is 46.4 Å². The fraction of sp³-hybridized carbons (Fsp3) is 0.677. The summed E-state index contributed by atoms with van der Waals surface area (Å²) < 4.78 is 12.2. The minimum Gasteiger partial charge on any atom is -0.444 e. The largest absolute Gasteiger partial charge is 0.444 e. The Balaban J connectivity index is 0.00000334. The Morgan fingerprint density at radius 1 is 1.08 bits per heavy atom. The summed E-state index contributed by atoms with van der Waals surface area (Å²) in [7, 11) is 0. The molecule has 0 radical (unpaired) electrons. The first kappa shape index (κ1) is 32.7. The second-order valence-corrected chi connectivity index (χ2v) is 12.1. The summed E-state index contributed by atoms with van der Waals surface area (Å²) in [5.41, 5.74) is 1.38. The summed E-state index contributed by atoms with van der Waals surface area (Å²) in [5.74, 6) is -0.248. The highest BCUT2D eigenvalue weighted by atomic mass is 16.6. The lowest BCUT2D eigenvalue weighted by Crippen LogP contribution is -2.47. The minimum atomic E-state index is -0.601. The molecule has 0 spiro atoms. The highest BCUT2D eigenvalue weighted by Gasteiger charge is 2.45. The van der Waals surface area contributed by atoms with Crippen molar-refractivity contribution in [3.8, 4) is 0 Å². The van der Waals surface area contributed by atoms with Crippen molar-refractivity contribution in [2.45, 2.75) is 125 Å². The molecule has 210 valence electrons. The first-order chi connectivity index (χ1) is 17.1. The van der Waals surface area contributed by atoms with Crippen LogP contribution in [-0.2, 0) is 20.7 Å². The lowest BCUT2D eigenvalue weighted by atomic mass is 9.83. The third-order valence-corrected chi connectivity index (χ3v) is 6.05. The van der Waals surface area contributed by atoms with Crippen LogP contribution in [0.25, 0.3) is 0 Å². The highest BCUT2D eigenvalue weighted by molar-refractivity contribution is 5.79. The molecule has 6 nitrogen and oxygen atoms in total. The molecule has 0 bridgehead atoms. The normalized spacial score (nSPS) is 21.3. The molecule has 5 unspecified atom stereocenters. The topological polar surface area (TPSA) is 67.9 Å². The molecule has 1 heterocycles. The fourth-order valence-corrected chi connectivity index (χ4v) is 4.55. The van der Waals surface area contributed by atoms with Gasteiger partial charge in [-0.05, 0) is 86.6 Å². The highest BCUT2D eigenvalue weighted by Crippen LogP contribution is 2.34. The summed E-state index contributed by atoms with van der Waals surface area (Å²) in [5, 5.41) is 3.12. The second-order valence-electron chi connectivity index (χ2n) is 12.1. The monoisotopic (exact) mass is 516 g/mol. The van der Waals surface area contributed by atoms with Gasteiger partial charge in [0.1, 0.15) is 11.8 Å². The van der Waals surface area contributed by atoms with Gasteiger partial charge >= 0.3 is 6.09 Å². The Labute approximate surface area is 226 Å². The number of nitrogens with zero attached hydrogens (tertiary/aromatic N) is 1. The van der Waals surface area contributed by atoms with Gasteiger partial charge in [0, 0.05) is 11.5 Å². The van der Waals surface area contributed by atoms with E-state index in [0.29, 0.717) is 12.8 Å². The van der Waals surface area contributed by atoms with Crippen LogP contribution in [0, 0.1) is 11.8 Å². The number of amides is 2. The molecule has 2 rings (SSSR count). The molecule has 1 aliphatic rings. The number of allylic oxidation sites excluding steroid dienone is 2. The van der Waals surface area contributed by atoms with Crippen molar-refractivity contribution >= 4 is 12.0 Å². The van der Waals surface area contributed by atoms with Crippen LogP contribution in [0.1, 0.15) is 95.1 Å². The van der Waals surface area contributed by atoms with Crippen LogP contribution in [0.4, 0.5) is 4.79 Å². The first-order valence-electron chi connectivity index (χ1n) is 13.7. The Morgan fingerprint density at radius 2 is 1.65 bits per heavy atom. The molecule has 1 aliphatic heterocycles. The summed E-state index contributed by atoms with van der Waals surface area (Å²) in [4.78, 5) is 28.0. The van der Waals surface area contributed by atoms with Crippen LogP contribution >= 0.6 is 0 Å². The Kier molecular flexibility index (Phi) is 12.4. The molecule has 0 aliphatic carbocycles. The molecule has 1 fully saturated rings. The van der Waals surface area contributed by atoms with Gasteiger partial charge in [-0.1, -0.05) is 62.8 Å². The van der Waals surface area contributed by atoms with Crippen LogP contribution < -0.4 is 5.32 Å². The van der Waals surface area contributed by atoms with Gasteiger partial charge in [0.15, 0.2) is 0 Å². The number of hydrogen-bond donors (Lipinski definition) is 1. The summed E-state index contributed by atoms with van der Waals surface area (Å²) in [6, 6.07) is 9.94. The van der Waals surface area contributed by atoms with Crippen molar-refractivity contribution in [2.24, 2.45) is 11.8 Å². The molecule has 1 saturated heterocycles. The van der Waals surface area contributed by atoms with E-state index in [-0.39, 0.29) is 41.5 Å². The Bertz CT molecular complexity index is 879. The molecule has 2 amide bonds. The maximum absolute atomic E-state index is 13.2. The van der Waals surface area contributed by atoms with Crippen molar-refractivity contribution in [1.29, 1.82) is 0 Å². The van der Waals surface area contributed by atoms with Gasteiger partial charge in [0.2, 0.25) is 5.91 Å². The molecule has 6 heteroatoms. The smallest absolute Gasteiger partial charge is 0.412 e. The predicted molar refractivity (Wildman–Crippen MR) is 152 cm³/mol. The third-order valence-electron chi connectivity index (χ3n) is 6.05. The zero-order valence-corrected chi connectivity index (χ0v) is 25.3. The first-order valence-corrected chi connectivity index (χ1v) is 13.7. The Hall–Kier alpha value is -2.34. The fourth-order valence-electron chi connectivity index (χ4n) is 4.55. The number of nitrogens with one attached hydrogen (secondary N) is 1. The Morgan fingerprint density at radius 3 is 2.14 bits per heavy atom. The number of rotatable bonds is 7. The van der Waals surface area contributed by atoms with E-state index in [1.54, 1.807) is 4.90 Å². The average Bonchev–Trinajstić information content (AvgIpc) is 3.06. The molecule has 1 aromatic carbocycles. The second kappa shape index (κ2) is 14.0. The standard InChI is InChI=1S/C29H46N2O4.C2H6/c1-19(2)16-23(20(3)26(32)30-28(5,6)7)18-25-24(17-22-14-12-11-13-15-22)31(21(4)34-25)27(33)35-29(8,9)10;1-2/h11-16,20-21,23-25H,17-18H2,1-10H3,(H,30,32);1-2H3. The van der Waals surface area contributed by atoms with E-state index in [9.17, 15) is 9.59 Å². The van der Waals surface area contributed by atoms with E-state index in [4.69, 9.17) is 9.47 Å². The number of carbonyl (C=O) groups excluding carboxylic acids is 2. The van der Waals surface area contributed by atoms with Gasteiger partial charge in [-0.2, -0.15) is 0 Å². The van der Waals surface area contributed by atoms with Crippen LogP contribution in [0.15, 0.2) is 42.0 Å². The average molecular weight is 517 g/mol. The molecule has 37 heavy (non-hydrogen) atoms. The summed E-state index contributed by atoms with van der Waals surface area (Å²) in [6.07, 6.45) is 2.42. The maximum atomic E-state index is 13.2. The number of hydrogen-bond acceptors (Lipinski definition) is 4. The van der Waals surface area contributed by atoms with Gasteiger partial charge in [-0.25, -0.2) is 4.79 Å². The van der Waals surface area contributed by atoms with E-state index < -0.39 is 11.8 Å². The molecule has 1 aromatic rings. The quantitative estimate of drug-likeness (QED) is 0.392. The van der Waals surface area contributed by atoms with E-state index >= 15 is 0 Å². The van der Waals surface area contributed by atoms with Crippen molar-refractivity contribution in [3.05, 3.63) is 47.5 Å². The van der Waals surface area contributed by atoms with Crippen LogP contribution in [0.3, 0.4) is 0 Å². The predicted octanol–water partition coefficient (Wildman–Crippen LogP) is 7.13. The van der Waals surface area contributed by atoms with E-state index in [1.165, 1.54) is 0 Å². The minimum absolute atomic E-state index is 0.0228. The van der Waals surface area contributed by atoms with E-state index in [0.717, 1.165) is 11.1 Å². The van der Waals surface area contributed by atoms with Crippen molar-refractivity contribution in [2.75, 3.05) is 0 Å². The molecule has 0 aromatic heterocycles. The van der Waals surface area contributed by atoms with E-state index in [1.807, 2.05) is 101 Å². The van der Waals surface area contributed by atoms with Crippen LogP contribution in [0.2, 0.25) is 0 Å². The molecule has 0 saturated carbocycles. The van der Waals surface area contributed by atoms with Gasteiger partial charge in [0.25, 0.3) is 0 Å². The molecule has 1 N–H and O–H groups in total. The number of ether oxygens (including phenoxy) is 2. The van der Waals surface area contributed by atoms with Gasteiger partial charge < -0.3 is 14.8 Å². The van der Waals surface area contributed by atoms with Gasteiger partial charge in [-0.15, -0.1) is 0 Å². The van der Waals surface area contributed by atoms with Gasteiger partial charge in [-0.3, -0.25) is 9.69 Å². The molecular weight excluding hydrogens is 464 g/mol. The van der Waals surface area contributed by atoms with Crippen molar-refractivity contribution < 1.29 is 19.1 Å². The maximum Gasteiger partial charge on any atom is 0.412 e. The third kappa shape index (κ3) is 10.9. The SMILES string of the molecule is CC.CC(C)=CC(CC1OC(C)N(C(=O)OC(C)(C)C)C1Cc1ccccc1)C(C)C(=O)NC(C)(C)C. The summed E-state index contributed by atoms with van der Waals surface area (Å²) >= 11 is 0. The lowest BCUT2D eigenvalue weighted by Gasteiger charge is -2.32. The summed E-state index contributed by atoms with van der Waals surface area (Å²) in [6.45, 7) is 23.6. The van der Waals surface area contributed by atoms with Gasteiger partial charge in [0.05, 0.1) is 12.1 Å². The molecule has 5 atom stereocenters. The number of benzene rings is 1. The zero-order valence-electron chi connectivity index (χ0n) is 25.3. The van der Waals surface area contributed by atoms with Crippen molar-refractivity contribution in [1.82, 2.24) is 10.2 Å². The number of carbonyl (C=O) groups is 2. The van der Waals surface area contributed by atoms with Crippen molar-refractivity contribution in [3.63, 3.8) is 0 Å². The van der Waals surface area contributed by atoms with E-state index in [2.05, 4.69) is 23.5 Å². The molecular formula is C31H52N2O4.